The van der Waals surface area contributed by atoms with Crippen molar-refractivity contribution < 1.29 is 35.9 Å². The predicted molar refractivity (Wildman–Crippen MR) is 114 cm³/mol. The van der Waals surface area contributed by atoms with E-state index in [1.165, 1.54) is 16.2 Å². The van der Waals surface area contributed by atoms with Crippen LogP contribution in [0.15, 0.2) is 30.6 Å². The number of nitrogens with zero attached hydrogens (tertiary/aromatic N) is 6. The molecule has 0 saturated carbocycles. The fourth-order valence-electron chi connectivity index (χ4n) is 4.20. The molecule has 3 heterocycles. The largest absolute Gasteiger partial charge is 0.416 e. The van der Waals surface area contributed by atoms with Gasteiger partial charge in [-0.3, -0.25) is 9.59 Å². The number of alkyl halides is 6. The Labute approximate surface area is 201 Å². The molecule has 0 bridgehead atoms. The van der Waals surface area contributed by atoms with Gasteiger partial charge in [0.15, 0.2) is 5.82 Å². The van der Waals surface area contributed by atoms with Gasteiger partial charge in [-0.15, -0.1) is 5.10 Å². The molecular weight excluding hydrogens is 494 g/mol. The zero-order chi connectivity index (χ0) is 26.3. The Morgan fingerprint density at radius 2 is 1.61 bits per heavy atom. The van der Waals surface area contributed by atoms with Crippen molar-refractivity contribution >= 4 is 18.0 Å². The molecule has 0 N–H and O–H groups in total. The quantitative estimate of drug-likeness (QED) is 0.459. The first-order valence-electron chi connectivity index (χ1n) is 11.0. The molecule has 0 unspecified atom stereocenters. The van der Waals surface area contributed by atoms with E-state index in [0.29, 0.717) is 12.1 Å². The van der Waals surface area contributed by atoms with Gasteiger partial charge in [0.1, 0.15) is 6.33 Å². The first kappa shape index (κ1) is 25.7. The van der Waals surface area contributed by atoms with E-state index in [1.54, 1.807) is 0 Å². The van der Waals surface area contributed by atoms with E-state index >= 15 is 0 Å². The summed E-state index contributed by atoms with van der Waals surface area (Å²) in [4.78, 5) is 31.1. The molecule has 0 atom stereocenters. The molecule has 194 valence electrons. The minimum absolute atomic E-state index is 0.0203. The van der Waals surface area contributed by atoms with Crippen molar-refractivity contribution in [2.75, 3.05) is 26.7 Å². The molecule has 1 aromatic heterocycles. The number of hydrogen-bond acceptors (Lipinski definition) is 5. The lowest BCUT2D eigenvalue weighted by Gasteiger charge is -2.38. The summed E-state index contributed by atoms with van der Waals surface area (Å²) in [5.41, 5.74) is -3.45. The summed E-state index contributed by atoms with van der Waals surface area (Å²) in [6.07, 6.45) is -5.03. The average Bonchev–Trinajstić information content (AvgIpc) is 3.43. The highest BCUT2D eigenvalue weighted by Crippen LogP contribution is 2.38. The predicted octanol–water partition coefficient (Wildman–Crippen LogP) is 3.52. The van der Waals surface area contributed by atoms with Crippen LogP contribution in [0.25, 0.3) is 17.6 Å². The van der Waals surface area contributed by atoms with Gasteiger partial charge in [-0.25, -0.2) is 19.7 Å². The Hall–Kier alpha value is -3.42. The number of carbonyl (C=O) groups excluding carboxylic acids is 2. The molecule has 0 radical (unpaired) electrons. The Bertz CT molecular complexity index is 1130. The summed E-state index contributed by atoms with van der Waals surface area (Å²) in [6, 6.07) is 0.973. The van der Waals surface area contributed by atoms with Crippen LogP contribution >= 0.6 is 0 Å². The number of carbonyl (C=O) groups is 2. The van der Waals surface area contributed by atoms with Gasteiger partial charge >= 0.3 is 12.4 Å². The lowest BCUT2D eigenvalue weighted by atomic mass is 10.0. The molecule has 2 saturated heterocycles. The highest BCUT2D eigenvalue weighted by atomic mass is 19.4. The van der Waals surface area contributed by atoms with Gasteiger partial charge in [-0.2, -0.15) is 26.3 Å². The van der Waals surface area contributed by atoms with Gasteiger partial charge < -0.3 is 4.90 Å². The van der Waals surface area contributed by atoms with E-state index in [9.17, 15) is 35.9 Å². The van der Waals surface area contributed by atoms with Crippen LogP contribution < -0.4 is 0 Å². The smallest absolute Gasteiger partial charge is 0.306 e. The Balaban J connectivity index is 1.52. The third-order valence-electron chi connectivity index (χ3n) is 6.07. The summed E-state index contributed by atoms with van der Waals surface area (Å²) in [7, 11) is 1.98. The molecular formula is C22H22F6N6O2. The minimum Gasteiger partial charge on any atom is -0.306 e. The maximum Gasteiger partial charge on any atom is 0.416 e. The number of likely N-dealkylation sites (tertiary alicyclic amines) is 1. The van der Waals surface area contributed by atoms with E-state index < -0.39 is 35.0 Å². The van der Waals surface area contributed by atoms with Gasteiger partial charge in [0.25, 0.3) is 5.91 Å². The molecule has 0 aliphatic carbocycles. The summed E-state index contributed by atoms with van der Waals surface area (Å²) >= 11 is 0. The van der Waals surface area contributed by atoms with Crippen LogP contribution in [0, 0.1) is 0 Å². The van der Waals surface area contributed by atoms with E-state index in [4.69, 9.17) is 0 Å². The van der Waals surface area contributed by atoms with Crippen LogP contribution in [0.2, 0.25) is 0 Å². The van der Waals surface area contributed by atoms with Gasteiger partial charge in [-0.05, 0) is 51.2 Å². The highest BCUT2D eigenvalue weighted by Gasteiger charge is 2.39. The monoisotopic (exact) mass is 516 g/mol. The molecule has 2 aromatic rings. The third kappa shape index (κ3) is 5.53. The standard InChI is InChI=1S/C22H22F6N6O2/c1-31-6-2-17(3-7-31)34-19(36)5-9-33(34)18(35)4-8-32-13-29-20(30-32)14-10-15(21(23,24)25)12-16(11-14)22(26,27)28/h4,8,10-13,17H,2-3,5-7,9H2,1H3. The molecule has 36 heavy (non-hydrogen) atoms. The molecule has 4 rings (SSSR count). The van der Waals surface area contributed by atoms with E-state index in [2.05, 4.69) is 15.0 Å². The van der Waals surface area contributed by atoms with E-state index in [1.807, 2.05) is 7.05 Å². The molecule has 2 aliphatic heterocycles. The van der Waals surface area contributed by atoms with E-state index in [-0.39, 0.29) is 36.8 Å². The van der Waals surface area contributed by atoms with Crippen LogP contribution in [0.5, 0.6) is 0 Å². The number of aromatic nitrogens is 3. The van der Waals surface area contributed by atoms with Gasteiger partial charge in [0.2, 0.25) is 5.91 Å². The van der Waals surface area contributed by atoms with Crippen molar-refractivity contribution in [1.29, 1.82) is 0 Å². The van der Waals surface area contributed by atoms with Crippen LogP contribution in [0.3, 0.4) is 0 Å². The second-order valence-electron chi connectivity index (χ2n) is 8.64. The van der Waals surface area contributed by atoms with Crippen molar-refractivity contribution in [1.82, 2.24) is 29.7 Å². The lowest BCUT2D eigenvalue weighted by Crippen LogP contribution is -2.52. The third-order valence-corrected chi connectivity index (χ3v) is 6.07. The zero-order valence-electron chi connectivity index (χ0n) is 19.1. The molecule has 2 fully saturated rings. The number of piperidine rings is 1. The summed E-state index contributed by atoms with van der Waals surface area (Å²) < 4.78 is 79.8. The Morgan fingerprint density at radius 3 is 2.19 bits per heavy atom. The van der Waals surface area contributed by atoms with Crippen molar-refractivity contribution in [2.24, 2.45) is 0 Å². The van der Waals surface area contributed by atoms with Crippen LogP contribution in [-0.2, 0) is 21.9 Å². The summed E-state index contributed by atoms with van der Waals surface area (Å²) in [5.74, 6) is -1.04. The Kier molecular flexibility index (Phi) is 6.82. The first-order valence-corrected chi connectivity index (χ1v) is 11.0. The number of benzene rings is 1. The fourth-order valence-corrected chi connectivity index (χ4v) is 4.20. The van der Waals surface area contributed by atoms with Crippen molar-refractivity contribution in [2.45, 2.75) is 37.7 Å². The topological polar surface area (TPSA) is 74.6 Å². The van der Waals surface area contributed by atoms with Gasteiger partial charge in [0, 0.05) is 24.3 Å². The molecule has 8 nitrogen and oxygen atoms in total. The average molecular weight is 516 g/mol. The Morgan fingerprint density at radius 1 is 1.00 bits per heavy atom. The normalized spacial score (nSPS) is 18.6. The van der Waals surface area contributed by atoms with Gasteiger partial charge in [0.05, 0.1) is 23.7 Å². The number of halogens is 6. The number of hydrogen-bond donors (Lipinski definition) is 0. The molecule has 1 aromatic carbocycles. The van der Waals surface area contributed by atoms with Crippen molar-refractivity contribution in [3.63, 3.8) is 0 Å². The molecule has 0 spiro atoms. The first-order chi connectivity index (χ1) is 16.8. The highest BCUT2D eigenvalue weighted by molar-refractivity contribution is 5.93. The maximum absolute atomic E-state index is 13.1. The number of hydrazine groups is 1. The van der Waals surface area contributed by atoms with Crippen LogP contribution in [-0.4, -0.2) is 74.2 Å². The minimum atomic E-state index is -5.00. The molecule has 14 heteroatoms. The van der Waals surface area contributed by atoms with Gasteiger partial charge in [-0.1, -0.05) is 0 Å². The number of rotatable bonds is 4. The zero-order valence-corrected chi connectivity index (χ0v) is 19.1. The van der Waals surface area contributed by atoms with Crippen molar-refractivity contribution in [3.8, 4) is 11.4 Å². The summed E-state index contributed by atoms with van der Waals surface area (Å²) in [6.45, 7) is 1.79. The van der Waals surface area contributed by atoms with Crippen molar-refractivity contribution in [3.05, 3.63) is 41.7 Å². The van der Waals surface area contributed by atoms with Crippen LogP contribution in [0.1, 0.15) is 30.4 Å². The lowest BCUT2D eigenvalue weighted by molar-refractivity contribution is -0.157. The SMILES string of the molecule is CN1CCC(N2C(=O)CCN2C(=O)C=Cn2cnc(-c3cc(C(F)(F)F)cc(C(F)(F)F)c3)n2)CC1. The van der Waals surface area contributed by atoms with E-state index in [0.717, 1.165) is 43.0 Å². The second kappa shape index (κ2) is 9.56. The maximum atomic E-state index is 13.1. The second-order valence-corrected chi connectivity index (χ2v) is 8.64. The summed E-state index contributed by atoms with van der Waals surface area (Å²) in [5, 5.41) is 6.71. The molecule has 2 amide bonds. The molecule has 2 aliphatic rings. The van der Waals surface area contributed by atoms with Crippen LogP contribution in [0.4, 0.5) is 26.3 Å². The fraction of sp³-hybridized carbons (Fsp3) is 0.455. The number of amides is 2.